The lowest BCUT2D eigenvalue weighted by molar-refractivity contribution is 0.352. The maximum Gasteiger partial charge on any atom is 0.265 e. The Balaban J connectivity index is 1.76. The fourth-order valence-corrected chi connectivity index (χ4v) is 6.73. The minimum atomic E-state index is -4.17. The number of rotatable bonds is 5. The Bertz CT molecular complexity index is 1620. The number of methoxy groups -OCH3 is 2. The van der Waals surface area contributed by atoms with Crippen LogP contribution in [0, 0.1) is 18.3 Å². The van der Waals surface area contributed by atoms with Gasteiger partial charge in [-0.1, -0.05) is 48.0 Å². The summed E-state index contributed by atoms with van der Waals surface area (Å²) in [5, 5.41) is 10.1. The standard InChI is InChI=1S/C28H25N3O5S/c1-17-7-6-8-18(13-17)16-31-22-10-5-4-9-20(22)26-27(37(31,32)33)25(21(15-29)28(30)36-26)19-11-12-23(34-2)24(14-19)35-3/h4-14,25H,16,30H2,1-3H3/t25-/m0/s1. The van der Waals surface area contributed by atoms with Crippen LogP contribution < -0.4 is 19.5 Å². The lowest BCUT2D eigenvalue weighted by atomic mass is 9.88. The first kappa shape index (κ1) is 24.3. The van der Waals surface area contributed by atoms with Crippen LogP contribution in [-0.4, -0.2) is 22.6 Å². The van der Waals surface area contributed by atoms with Crippen LogP contribution in [0.1, 0.15) is 28.2 Å². The Kier molecular flexibility index (Phi) is 6.05. The zero-order chi connectivity index (χ0) is 26.3. The molecule has 3 aromatic rings. The number of nitrogens with two attached hydrogens (primary N) is 1. The van der Waals surface area contributed by atoms with Crippen molar-refractivity contribution >= 4 is 21.5 Å². The van der Waals surface area contributed by atoms with E-state index in [9.17, 15) is 13.7 Å². The van der Waals surface area contributed by atoms with Gasteiger partial charge < -0.3 is 19.9 Å². The van der Waals surface area contributed by atoms with Gasteiger partial charge in [-0.05, 0) is 42.3 Å². The number of para-hydroxylation sites is 1. The van der Waals surface area contributed by atoms with Gasteiger partial charge in [-0.2, -0.15) is 5.26 Å². The summed E-state index contributed by atoms with van der Waals surface area (Å²) in [5.74, 6) is -0.159. The van der Waals surface area contributed by atoms with Crippen LogP contribution in [0.15, 0.2) is 83.1 Å². The van der Waals surface area contributed by atoms with Crippen molar-refractivity contribution in [3.05, 3.63) is 105 Å². The number of fused-ring (bicyclic) bond motifs is 2. The molecule has 3 aromatic carbocycles. The van der Waals surface area contributed by atoms with Gasteiger partial charge >= 0.3 is 0 Å². The van der Waals surface area contributed by atoms with Crippen molar-refractivity contribution in [1.82, 2.24) is 0 Å². The molecule has 9 heteroatoms. The zero-order valence-electron chi connectivity index (χ0n) is 20.6. The van der Waals surface area contributed by atoms with Gasteiger partial charge in [-0.25, -0.2) is 8.42 Å². The van der Waals surface area contributed by atoms with Crippen molar-refractivity contribution in [1.29, 1.82) is 5.26 Å². The molecule has 0 fully saturated rings. The maximum atomic E-state index is 14.4. The predicted octanol–water partition coefficient (Wildman–Crippen LogP) is 4.54. The molecule has 0 saturated carbocycles. The van der Waals surface area contributed by atoms with E-state index in [1.54, 1.807) is 42.5 Å². The van der Waals surface area contributed by atoms with Gasteiger partial charge in [0, 0.05) is 5.56 Å². The fraction of sp³-hybridized carbons (Fsp3) is 0.179. The third-order valence-electron chi connectivity index (χ3n) is 6.51. The van der Waals surface area contributed by atoms with Crippen LogP contribution >= 0.6 is 0 Å². The number of sulfonamides is 1. The second kappa shape index (κ2) is 9.22. The Morgan fingerprint density at radius 1 is 1.03 bits per heavy atom. The largest absolute Gasteiger partial charge is 0.493 e. The average Bonchev–Trinajstić information content (AvgIpc) is 2.90. The molecule has 0 amide bonds. The number of benzene rings is 3. The number of hydrogen-bond donors (Lipinski definition) is 1. The van der Waals surface area contributed by atoms with Crippen LogP contribution in [0.2, 0.25) is 0 Å². The zero-order valence-corrected chi connectivity index (χ0v) is 21.4. The summed E-state index contributed by atoms with van der Waals surface area (Å²) in [6.45, 7) is 2.06. The molecule has 0 bridgehead atoms. The molecule has 0 saturated heterocycles. The highest BCUT2D eigenvalue weighted by atomic mass is 32.2. The molecule has 0 spiro atoms. The number of nitrogens with zero attached hydrogens (tertiary/aromatic N) is 2. The summed E-state index contributed by atoms with van der Waals surface area (Å²) in [7, 11) is -1.17. The summed E-state index contributed by atoms with van der Waals surface area (Å²) in [6.07, 6.45) is 0. The third kappa shape index (κ3) is 3.96. The predicted molar refractivity (Wildman–Crippen MR) is 140 cm³/mol. The molecule has 2 N–H and O–H groups in total. The van der Waals surface area contributed by atoms with Crippen LogP contribution in [0.3, 0.4) is 0 Å². The van der Waals surface area contributed by atoms with E-state index >= 15 is 0 Å². The highest BCUT2D eigenvalue weighted by Gasteiger charge is 2.47. The summed E-state index contributed by atoms with van der Waals surface area (Å²) in [5.41, 5.74) is 9.62. The number of allylic oxidation sites excluding steroid dienone is 2. The SMILES string of the molecule is COc1ccc([C@H]2C(C#N)=C(N)OC3=C2S(=O)(=O)N(Cc2cccc(C)c2)c2ccccc23)cc1OC. The second-order valence-electron chi connectivity index (χ2n) is 8.75. The molecule has 8 nitrogen and oxygen atoms in total. The van der Waals surface area contributed by atoms with E-state index < -0.39 is 15.9 Å². The maximum absolute atomic E-state index is 14.4. The number of nitriles is 1. The van der Waals surface area contributed by atoms with Crippen molar-refractivity contribution in [2.75, 3.05) is 18.5 Å². The first-order valence-corrected chi connectivity index (χ1v) is 13.0. The molecule has 0 aromatic heterocycles. The minimum Gasteiger partial charge on any atom is -0.493 e. The summed E-state index contributed by atoms with van der Waals surface area (Å²) < 4.78 is 46.8. The van der Waals surface area contributed by atoms with E-state index in [-0.39, 0.29) is 28.7 Å². The molecule has 2 aliphatic heterocycles. The minimum absolute atomic E-state index is 0.00410. The quantitative estimate of drug-likeness (QED) is 0.531. The summed E-state index contributed by atoms with van der Waals surface area (Å²) >= 11 is 0. The Labute approximate surface area is 215 Å². The van der Waals surface area contributed by atoms with Gasteiger partial charge in [-0.3, -0.25) is 4.31 Å². The Morgan fingerprint density at radius 3 is 2.49 bits per heavy atom. The monoisotopic (exact) mass is 515 g/mol. The molecular formula is C28H25N3O5S. The summed E-state index contributed by atoms with van der Waals surface area (Å²) in [6, 6.07) is 21.9. The lowest BCUT2D eigenvalue weighted by Crippen LogP contribution is -2.39. The normalized spacial score (nSPS) is 17.9. The fourth-order valence-electron chi connectivity index (χ4n) is 4.82. The van der Waals surface area contributed by atoms with Gasteiger partial charge in [0.1, 0.15) is 16.5 Å². The van der Waals surface area contributed by atoms with Crippen molar-refractivity contribution in [2.24, 2.45) is 5.73 Å². The molecule has 2 heterocycles. The molecule has 5 rings (SSSR count). The smallest absolute Gasteiger partial charge is 0.265 e. The number of anilines is 1. The molecule has 2 aliphatic rings. The first-order valence-electron chi connectivity index (χ1n) is 11.5. The van der Waals surface area contributed by atoms with E-state index in [1.807, 2.05) is 31.2 Å². The molecule has 0 radical (unpaired) electrons. The molecule has 37 heavy (non-hydrogen) atoms. The van der Waals surface area contributed by atoms with Gasteiger partial charge in [-0.15, -0.1) is 0 Å². The summed E-state index contributed by atoms with van der Waals surface area (Å²) in [4.78, 5) is -0.0446. The van der Waals surface area contributed by atoms with Crippen LogP contribution in [0.25, 0.3) is 5.76 Å². The molecule has 1 atom stereocenters. The molecule has 188 valence electrons. The number of ether oxygens (including phenoxy) is 3. The van der Waals surface area contributed by atoms with E-state index in [2.05, 4.69) is 6.07 Å². The molecule has 0 aliphatic carbocycles. The van der Waals surface area contributed by atoms with Crippen molar-refractivity contribution in [3.63, 3.8) is 0 Å². The van der Waals surface area contributed by atoms with Crippen molar-refractivity contribution in [3.8, 4) is 17.6 Å². The Morgan fingerprint density at radius 2 is 1.78 bits per heavy atom. The van der Waals surface area contributed by atoms with Gasteiger partial charge in [0.25, 0.3) is 10.0 Å². The first-order chi connectivity index (χ1) is 17.8. The average molecular weight is 516 g/mol. The lowest BCUT2D eigenvalue weighted by Gasteiger charge is -2.38. The van der Waals surface area contributed by atoms with E-state index in [1.165, 1.54) is 18.5 Å². The van der Waals surface area contributed by atoms with Crippen molar-refractivity contribution in [2.45, 2.75) is 19.4 Å². The third-order valence-corrected chi connectivity index (χ3v) is 8.39. The second-order valence-corrected chi connectivity index (χ2v) is 10.6. The van der Waals surface area contributed by atoms with Crippen molar-refractivity contribution < 1.29 is 22.6 Å². The van der Waals surface area contributed by atoms with Crippen LogP contribution in [-0.2, 0) is 21.3 Å². The topological polar surface area (TPSA) is 115 Å². The van der Waals surface area contributed by atoms with Crippen LogP contribution in [0.4, 0.5) is 5.69 Å². The van der Waals surface area contributed by atoms with E-state index in [0.29, 0.717) is 28.3 Å². The number of aryl methyl sites for hydroxylation is 1. The van der Waals surface area contributed by atoms with E-state index in [4.69, 9.17) is 19.9 Å². The highest BCUT2D eigenvalue weighted by molar-refractivity contribution is 7.96. The van der Waals surface area contributed by atoms with E-state index in [0.717, 1.165) is 11.1 Å². The highest BCUT2D eigenvalue weighted by Crippen LogP contribution is 2.52. The van der Waals surface area contributed by atoms with Crippen LogP contribution in [0.5, 0.6) is 11.5 Å². The number of hydrogen-bond acceptors (Lipinski definition) is 7. The van der Waals surface area contributed by atoms with Gasteiger partial charge in [0.05, 0.1) is 32.4 Å². The van der Waals surface area contributed by atoms with Gasteiger partial charge in [0.2, 0.25) is 5.88 Å². The molecule has 0 unspecified atom stereocenters. The molecular weight excluding hydrogens is 490 g/mol. The Hall–Kier alpha value is -4.42. The van der Waals surface area contributed by atoms with Gasteiger partial charge in [0.15, 0.2) is 17.3 Å².